The maximum atomic E-state index is 12.2. The van der Waals surface area contributed by atoms with Crippen molar-refractivity contribution in [2.24, 2.45) is 10.3 Å². The SMILES string of the molecule is CO/N=C(/C(=O)OC)c1cccc(C)c1CO/N=C1\CC(C)(C)c2ccccc21. The van der Waals surface area contributed by atoms with Gasteiger partial charge in [-0.05, 0) is 23.5 Å². The largest absolute Gasteiger partial charge is 0.464 e. The predicted molar refractivity (Wildman–Crippen MR) is 112 cm³/mol. The van der Waals surface area contributed by atoms with E-state index in [0.29, 0.717) is 5.56 Å². The zero-order valence-electron chi connectivity index (χ0n) is 17.5. The lowest BCUT2D eigenvalue weighted by atomic mass is 9.87. The van der Waals surface area contributed by atoms with Crippen molar-refractivity contribution in [3.8, 4) is 0 Å². The number of carbonyl (C=O) groups is 1. The molecule has 3 rings (SSSR count). The number of carbonyl (C=O) groups excluding carboxylic acids is 1. The molecule has 0 unspecified atom stereocenters. The van der Waals surface area contributed by atoms with E-state index in [1.165, 1.54) is 19.8 Å². The maximum Gasteiger partial charge on any atom is 0.360 e. The molecule has 1 aliphatic rings. The second-order valence-electron chi connectivity index (χ2n) is 7.63. The van der Waals surface area contributed by atoms with Gasteiger partial charge in [-0.1, -0.05) is 66.6 Å². The van der Waals surface area contributed by atoms with Crippen LogP contribution in [-0.2, 0) is 31.2 Å². The Morgan fingerprint density at radius 3 is 2.59 bits per heavy atom. The lowest BCUT2D eigenvalue weighted by Gasteiger charge is -2.17. The zero-order valence-corrected chi connectivity index (χ0v) is 17.5. The first kappa shape index (κ1) is 20.6. The minimum Gasteiger partial charge on any atom is -0.464 e. The zero-order chi connectivity index (χ0) is 21.0. The molecule has 1 aliphatic carbocycles. The molecule has 6 nitrogen and oxygen atoms in total. The molecule has 0 atom stereocenters. The average Bonchev–Trinajstić information content (AvgIpc) is 2.97. The third kappa shape index (κ3) is 4.16. The third-order valence-electron chi connectivity index (χ3n) is 5.19. The molecule has 0 saturated carbocycles. The van der Waals surface area contributed by atoms with Crippen molar-refractivity contribution < 1.29 is 19.2 Å². The van der Waals surface area contributed by atoms with Gasteiger partial charge >= 0.3 is 5.97 Å². The highest BCUT2D eigenvalue weighted by atomic mass is 16.6. The summed E-state index contributed by atoms with van der Waals surface area (Å²) in [7, 11) is 2.70. The second kappa shape index (κ2) is 8.47. The van der Waals surface area contributed by atoms with Crippen LogP contribution < -0.4 is 0 Å². The Morgan fingerprint density at radius 1 is 1.10 bits per heavy atom. The topological polar surface area (TPSA) is 69.5 Å². The quantitative estimate of drug-likeness (QED) is 0.420. The molecular weight excluding hydrogens is 368 g/mol. The molecule has 2 aromatic carbocycles. The number of ether oxygens (including phenoxy) is 1. The first-order chi connectivity index (χ1) is 13.9. The highest BCUT2D eigenvalue weighted by Gasteiger charge is 2.34. The number of hydrogen-bond donors (Lipinski definition) is 0. The number of aryl methyl sites for hydroxylation is 1. The maximum absolute atomic E-state index is 12.2. The Morgan fingerprint density at radius 2 is 1.86 bits per heavy atom. The van der Waals surface area contributed by atoms with Gasteiger partial charge in [-0.3, -0.25) is 0 Å². The summed E-state index contributed by atoms with van der Waals surface area (Å²) in [6, 6.07) is 13.9. The van der Waals surface area contributed by atoms with Crippen LogP contribution in [0.15, 0.2) is 52.8 Å². The number of rotatable bonds is 6. The van der Waals surface area contributed by atoms with E-state index in [1.54, 1.807) is 6.07 Å². The number of fused-ring (bicyclic) bond motifs is 1. The first-order valence-electron chi connectivity index (χ1n) is 9.46. The number of nitrogens with zero attached hydrogens (tertiary/aromatic N) is 2. The Balaban J connectivity index is 1.88. The van der Waals surface area contributed by atoms with E-state index >= 15 is 0 Å². The Hall–Kier alpha value is -3.15. The van der Waals surface area contributed by atoms with Gasteiger partial charge in [0.25, 0.3) is 0 Å². The van der Waals surface area contributed by atoms with Crippen LogP contribution in [-0.4, -0.2) is 31.6 Å². The van der Waals surface area contributed by atoms with Crippen molar-refractivity contribution in [1.82, 2.24) is 0 Å². The van der Waals surface area contributed by atoms with E-state index in [4.69, 9.17) is 14.4 Å². The van der Waals surface area contributed by atoms with Crippen molar-refractivity contribution in [1.29, 1.82) is 0 Å². The second-order valence-corrected chi connectivity index (χ2v) is 7.63. The fraction of sp³-hybridized carbons (Fsp3) is 0.348. The summed E-state index contributed by atoms with van der Waals surface area (Å²) in [5.41, 5.74) is 5.82. The summed E-state index contributed by atoms with van der Waals surface area (Å²) in [6.45, 7) is 6.56. The molecular formula is C23H26N2O4. The average molecular weight is 394 g/mol. The summed E-state index contributed by atoms with van der Waals surface area (Å²) in [6.07, 6.45) is 0.811. The van der Waals surface area contributed by atoms with Gasteiger partial charge in [0.1, 0.15) is 13.7 Å². The number of oxime groups is 2. The lowest BCUT2D eigenvalue weighted by molar-refractivity contribution is -0.132. The highest BCUT2D eigenvalue weighted by Crippen LogP contribution is 2.38. The molecule has 0 aromatic heterocycles. The van der Waals surface area contributed by atoms with Crippen LogP contribution in [0.3, 0.4) is 0 Å². The van der Waals surface area contributed by atoms with E-state index in [1.807, 2.05) is 31.2 Å². The van der Waals surface area contributed by atoms with E-state index in [-0.39, 0.29) is 17.7 Å². The number of hydrogen-bond acceptors (Lipinski definition) is 6. The van der Waals surface area contributed by atoms with E-state index in [0.717, 1.165) is 28.8 Å². The molecule has 0 saturated heterocycles. The van der Waals surface area contributed by atoms with Crippen LogP contribution in [0.4, 0.5) is 0 Å². The van der Waals surface area contributed by atoms with Gasteiger partial charge in [0, 0.05) is 23.1 Å². The van der Waals surface area contributed by atoms with Crippen LogP contribution in [0.25, 0.3) is 0 Å². The van der Waals surface area contributed by atoms with E-state index in [9.17, 15) is 4.79 Å². The molecule has 0 aliphatic heterocycles. The molecule has 0 radical (unpaired) electrons. The molecule has 6 heteroatoms. The summed E-state index contributed by atoms with van der Waals surface area (Å²) in [5.74, 6) is -0.573. The standard InChI is InChI=1S/C23H26N2O4/c1-15-9-8-11-16(21(25-28-5)22(26)27-4)18(15)14-29-24-20-13-23(2,3)19-12-7-6-10-17(19)20/h6-12H,13-14H2,1-5H3/b24-20+,25-21+. The van der Waals surface area contributed by atoms with Gasteiger partial charge in [-0.15, -0.1) is 0 Å². The van der Waals surface area contributed by atoms with Crippen molar-refractivity contribution in [2.75, 3.05) is 14.2 Å². The van der Waals surface area contributed by atoms with Crippen molar-refractivity contribution in [3.63, 3.8) is 0 Å². The Labute approximate surface area is 171 Å². The molecule has 0 heterocycles. The van der Waals surface area contributed by atoms with Gasteiger partial charge < -0.3 is 14.4 Å². The van der Waals surface area contributed by atoms with Gasteiger partial charge in [0.2, 0.25) is 0 Å². The highest BCUT2D eigenvalue weighted by molar-refractivity contribution is 6.43. The Bertz CT molecular complexity index is 977. The molecule has 2 aromatic rings. The summed E-state index contributed by atoms with van der Waals surface area (Å²) >= 11 is 0. The van der Waals surface area contributed by atoms with Crippen molar-refractivity contribution >= 4 is 17.4 Å². The molecule has 29 heavy (non-hydrogen) atoms. The van der Waals surface area contributed by atoms with Crippen molar-refractivity contribution in [3.05, 3.63) is 70.3 Å². The molecule has 0 spiro atoms. The van der Waals surface area contributed by atoms with E-state index < -0.39 is 5.97 Å². The molecule has 0 amide bonds. The molecule has 0 fully saturated rings. The van der Waals surface area contributed by atoms with Crippen molar-refractivity contribution in [2.45, 2.75) is 39.2 Å². The predicted octanol–water partition coefficient (Wildman–Crippen LogP) is 4.12. The van der Waals surface area contributed by atoms with Crippen LogP contribution in [0, 0.1) is 6.92 Å². The van der Waals surface area contributed by atoms with Crippen LogP contribution in [0.2, 0.25) is 0 Å². The summed E-state index contributed by atoms with van der Waals surface area (Å²) in [5, 5.41) is 8.29. The minimum absolute atomic E-state index is 0.0236. The van der Waals surface area contributed by atoms with Gasteiger partial charge in [0.15, 0.2) is 5.71 Å². The first-order valence-corrected chi connectivity index (χ1v) is 9.46. The van der Waals surface area contributed by atoms with Gasteiger partial charge in [0.05, 0.1) is 12.8 Å². The lowest BCUT2D eigenvalue weighted by Crippen LogP contribution is -2.20. The Kier molecular flexibility index (Phi) is 6.01. The van der Waals surface area contributed by atoms with Crippen LogP contribution >= 0.6 is 0 Å². The summed E-state index contributed by atoms with van der Waals surface area (Å²) < 4.78 is 4.84. The smallest absolute Gasteiger partial charge is 0.360 e. The number of esters is 1. The fourth-order valence-corrected chi connectivity index (χ4v) is 3.69. The van der Waals surface area contributed by atoms with Crippen LogP contribution in [0.5, 0.6) is 0 Å². The minimum atomic E-state index is -0.573. The molecule has 0 N–H and O–H groups in total. The van der Waals surface area contributed by atoms with Gasteiger partial charge in [-0.2, -0.15) is 0 Å². The van der Waals surface area contributed by atoms with Gasteiger partial charge in [-0.25, -0.2) is 4.79 Å². The number of methoxy groups -OCH3 is 1. The van der Waals surface area contributed by atoms with Crippen LogP contribution in [0.1, 0.15) is 48.1 Å². The molecule has 0 bridgehead atoms. The van der Waals surface area contributed by atoms with E-state index in [2.05, 4.69) is 36.3 Å². The third-order valence-corrected chi connectivity index (χ3v) is 5.19. The fourth-order valence-electron chi connectivity index (χ4n) is 3.69. The monoisotopic (exact) mass is 394 g/mol. The number of benzene rings is 2. The summed E-state index contributed by atoms with van der Waals surface area (Å²) in [4.78, 5) is 22.8. The normalized spacial score (nSPS) is 16.4. The molecule has 152 valence electrons.